The fourth-order valence-corrected chi connectivity index (χ4v) is 0.532. The van der Waals surface area contributed by atoms with Crippen LogP contribution in [0.1, 0.15) is 0 Å². The molecule has 0 rings (SSSR count). The van der Waals surface area contributed by atoms with Crippen molar-refractivity contribution in [2.75, 3.05) is 19.7 Å². The van der Waals surface area contributed by atoms with E-state index in [-0.39, 0.29) is 13.2 Å². The molecule has 0 aliphatic heterocycles. The van der Waals surface area contributed by atoms with Crippen LogP contribution in [0.5, 0.6) is 0 Å². The Kier molecular flexibility index (Phi) is 4.65. The van der Waals surface area contributed by atoms with Crippen molar-refractivity contribution in [3.05, 3.63) is 11.9 Å². The van der Waals surface area contributed by atoms with Crippen molar-refractivity contribution in [3.8, 4) is 0 Å². The van der Waals surface area contributed by atoms with Gasteiger partial charge in [0.05, 0.1) is 18.8 Å². The Bertz CT molecular complexity index is 114. The second-order valence-electron chi connectivity index (χ2n) is 1.78. The normalized spacial score (nSPS) is 11.7. The Hall–Kier alpha value is -0.780. The van der Waals surface area contributed by atoms with Gasteiger partial charge in [0.1, 0.15) is 0 Å². The SMILES string of the molecule is N/C=C(/CN)N(N)CCO. The standard InChI is InChI=1S/C5H14N4O/c6-3-5(4-7)9(8)1-2-10/h3,10H,1-2,4,6-8H2/b5-3-. The lowest BCUT2D eigenvalue weighted by Crippen LogP contribution is -2.36. The molecule has 0 aliphatic rings. The number of aliphatic hydroxyl groups excluding tert-OH is 1. The summed E-state index contributed by atoms with van der Waals surface area (Å²) in [7, 11) is 0. The molecule has 0 bridgehead atoms. The lowest BCUT2D eigenvalue weighted by molar-refractivity contribution is 0.227. The molecule has 0 aromatic rings. The molecule has 10 heavy (non-hydrogen) atoms. The van der Waals surface area contributed by atoms with Crippen LogP contribution in [0.25, 0.3) is 0 Å². The third-order valence-electron chi connectivity index (χ3n) is 1.11. The van der Waals surface area contributed by atoms with Gasteiger partial charge in [-0.3, -0.25) is 0 Å². The monoisotopic (exact) mass is 146 g/mol. The molecule has 60 valence electrons. The quantitative estimate of drug-likeness (QED) is 0.269. The highest BCUT2D eigenvalue weighted by Crippen LogP contribution is 1.91. The van der Waals surface area contributed by atoms with Gasteiger partial charge in [0, 0.05) is 12.7 Å². The Morgan fingerprint density at radius 3 is 2.50 bits per heavy atom. The molecule has 0 heterocycles. The van der Waals surface area contributed by atoms with E-state index in [1.54, 1.807) is 0 Å². The summed E-state index contributed by atoms with van der Waals surface area (Å²) in [6.45, 7) is 0.626. The summed E-state index contributed by atoms with van der Waals surface area (Å²) in [6.07, 6.45) is 1.33. The molecule has 0 fully saturated rings. The van der Waals surface area contributed by atoms with Gasteiger partial charge < -0.3 is 21.6 Å². The summed E-state index contributed by atoms with van der Waals surface area (Å²) in [5, 5.41) is 9.77. The van der Waals surface area contributed by atoms with Gasteiger partial charge in [0.15, 0.2) is 0 Å². The summed E-state index contributed by atoms with van der Waals surface area (Å²) in [5.74, 6) is 5.39. The molecule has 0 radical (unpaired) electrons. The van der Waals surface area contributed by atoms with E-state index in [1.807, 2.05) is 0 Å². The lowest BCUT2D eigenvalue weighted by atomic mass is 10.4. The summed E-state index contributed by atoms with van der Waals surface area (Å²) in [4.78, 5) is 0. The molecular formula is C5H14N4O. The molecule has 0 atom stereocenters. The van der Waals surface area contributed by atoms with E-state index in [9.17, 15) is 0 Å². The summed E-state index contributed by atoms with van der Waals surface area (Å²) in [6, 6.07) is 0. The van der Waals surface area contributed by atoms with E-state index in [1.165, 1.54) is 11.2 Å². The number of hydrogen-bond acceptors (Lipinski definition) is 5. The van der Waals surface area contributed by atoms with Crippen LogP contribution in [0.3, 0.4) is 0 Å². The summed E-state index contributed by atoms with van der Waals surface area (Å²) in [5.41, 5.74) is 11.1. The number of hydrogen-bond donors (Lipinski definition) is 4. The van der Waals surface area contributed by atoms with Gasteiger partial charge in [-0.2, -0.15) is 0 Å². The van der Waals surface area contributed by atoms with Crippen LogP contribution >= 0.6 is 0 Å². The van der Waals surface area contributed by atoms with E-state index in [0.29, 0.717) is 12.2 Å². The van der Waals surface area contributed by atoms with Crippen molar-refractivity contribution >= 4 is 0 Å². The van der Waals surface area contributed by atoms with E-state index in [2.05, 4.69) is 0 Å². The molecule has 0 aromatic carbocycles. The topological polar surface area (TPSA) is 102 Å². The van der Waals surface area contributed by atoms with E-state index < -0.39 is 0 Å². The van der Waals surface area contributed by atoms with Crippen molar-refractivity contribution in [1.82, 2.24) is 5.01 Å². The van der Waals surface area contributed by atoms with Crippen LogP contribution in [-0.4, -0.2) is 29.8 Å². The molecule has 7 N–H and O–H groups in total. The molecular weight excluding hydrogens is 132 g/mol. The summed E-state index contributed by atoms with van der Waals surface area (Å²) < 4.78 is 0. The minimum Gasteiger partial charge on any atom is -0.403 e. The van der Waals surface area contributed by atoms with Crippen molar-refractivity contribution < 1.29 is 5.11 Å². The smallest absolute Gasteiger partial charge is 0.0622 e. The maximum atomic E-state index is 8.45. The molecule has 0 spiro atoms. The first-order valence-electron chi connectivity index (χ1n) is 3.00. The van der Waals surface area contributed by atoms with Crippen LogP contribution in [0.15, 0.2) is 11.9 Å². The van der Waals surface area contributed by atoms with Crippen molar-refractivity contribution in [2.45, 2.75) is 0 Å². The van der Waals surface area contributed by atoms with Crippen molar-refractivity contribution in [2.24, 2.45) is 17.3 Å². The minimum atomic E-state index is -0.00611. The molecule has 5 nitrogen and oxygen atoms in total. The number of rotatable bonds is 4. The molecule has 0 unspecified atom stereocenters. The highest BCUT2D eigenvalue weighted by atomic mass is 16.3. The molecule has 5 heteroatoms. The highest BCUT2D eigenvalue weighted by molar-refractivity contribution is 4.97. The first-order chi connectivity index (χ1) is 4.76. The van der Waals surface area contributed by atoms with Gasteiger partial charge in [-0.1, -0.05) is 0 Å². The first-order valence-corrected chi connectivity index (χ1v) is 3.00. The predicted molar refractivity (Wildman–Crippen MR) is 39.3 cm³/mol. The average Bonchev–Trinajstić information content (AvgIpc) is 1.91. The maximum absolute atomic E-state index is 8.45. The second kappa shape index (κ2) is 5.04. The van der Waals surface area contributed by atoms with Crippen LogP contribution in [-0.2, 0) is 0 Å². The van der Waals surface area contributed by atoms with Crippen molar-refractivity contribution in [3.63, 3.8) is 0 Å². The number of nitrogens with two attached hydrogens (primary N) is 3. The fourth-order valence-electron chi connectivity index (χ4n) is 0.532. The van der Waals surface area contributed by atoms with Gasteiger partial charge in [0.25, 0.3) is 0 Å². The van der Waals surface area contributed by atoms with Crippen LogP contribution in [0.2, 0.25) is 0 Å². The predicted octanol–water partition coefficient (Wildman–Crippen LogP) is -2.09. The van der Waals surface area contributed by atoms with E-state index >= 15 is 0 Å². The van der Waals surface area contributed by atoms with Gasteiger partial charge in [0.2, 0.25) is 0 Å². The Labute approximate surface area is 60.1 Å². The third kappa shape index (κ3) is 2.67. The Balaban J connectivity index is 3.77. The third-order valence-corrected chi connectivity index (χ3v) is 1.11. The maximum Gasteiger partial charge on any atom is 0.0622 e. The highest BCUT2D eigenvalue weighted by Gasteiger charge is 1.99. The zero-order valence-electron chi connectivity index (χ0n) is 5.83. The molecule has 0 aliphatic carbocycles. The van der Waals surface area contributed by atoms with Gasteiger partial charge >= 0.3 is 0 Å². The van der Waals surface area contributed by atoms with Gasteiger partial charge in [-0.05, 0) is 0 Å². The van der Waals surface area contributed by atoms with E-state index in [0.717, 1.165) is 0 Å². The average molecular weight is 146 g/mol. The van der Waals surface area contributed by atoms with E-state index in [4.69, 9.17) is 22.4 Å². The van der Waals surface area contributed by atoms with Gasteiger partial charge in [-0.15, -0.1) is 0 Å². The zero-order valence-corrected chi connectivity index (χ0v) is 5.83. The molecule has 0 saturated heterocycles. The van der Waals surface area contributed by atoms with Crippen LogP contribution in [0, 0.1) is 0 Å². The second-order valence-corrected chi connectivity index (χ2v) is 1.78. The largest absolute Gasteiger partial charge is 0.403 e. The minimum absolute atomic E-state index is 0.00611. The Morgan fingerprint density at radius 2 is 2.20 bits per heavy atom. The fraction of sp³-hybridized carbons (Fsp3) is 0.600. The number of aliphatic hydroxyl groups is 1. The number of hydrazine groups is 1. The zero-order chi connectivity index (χ0) is 7.98. The number of nitrogens with zero attached hydrogens (tertiary/aromatic N) is 1. The molecule has 0 aromatic heterocycles. The molecule has 0 saturated carbocycles. The summed E-state index contributed by atoms with van der Waals surface area (Å²) >= 11 is 0. The lowest BCUT2D eigenvalue weighted by Gasteiger charge is -2.18. The van der Waals surface area contributed by atoms with Crippen LogP contribution < -0.4 is 17.3 Å². The molecule has 0 amide bonds. The van der Waals surface area contributed by atoms with Gasteiger partial charge in [-0.25, -0.2) is 5.84 Å². The first kappa shape index (κ1) is 9.22. The Morgan fingerprint density at radius 1 is 1.60 bits per heavy atom. The van der Waals surface area contributed by atoms with Crippen LogP contribution in [0.4, 0.5) is 0 Å². The van der Waals surface area contributed by atoms with Crippen molar-refractivity contribution in [1.29, 1.82) is 0 Å².